The third-order valence-corrected chi connectivity index (χ3v) is 7.03. The summed E-state index contributed by atoms with van der Waals surface area (Å²) in [7, 11) is 0. The number of benzene rings is 2. The summed E-state index contributed by atoms with van der Waals surface area (Å²) in [4.78, 5) is 26.6. The average Bonchev–Trinajstić information content (AvgIpc) is 3.12. The highest BCUT2D eigenvalue weighted by Crippen LogP contribution is 2.35. The average molecular weight is 528 g/mol. The Morgan fingerprint density at radius 1 is 1.03 bits per heavy atom. The van der Waals surface area contributed by atoms with E-state index in [1.165, 1.54) is 17.3 Å². The van der Waals surface area contributed by atoms with Crippen LogP contribution >= 0.6 is 24.0 Å². The molecule has 1 saturated heterocycles. The first kappa shape index (κ1) is 27.7. The van der Waals surface area contributed by atoms with Crippen LogP contribution in [0.4, 0.5) is 0 Å². The Bertz CT molecular complexity index is 1110. The minimum atomic E-state index is -0.177. The maximum Gasteiger partial charge on any atom is 0.305 e. The van der Waals surface area contributed by atoms with Gasteiger partial charge in [0.2, 0.25) is 0 Å². The van der Waals surface area contributed by atoms with Crippen molar-refractivity contribution in [2.45, 2.75) is 53.1 Å². The second kappa shape index (κ2) is 14.0. The van der Waals surface area contributed by atoms with Gasteiger partial charge >= 0.3 is 5.97 Å². The van der Waals surface area contributed by atoms with E-state index in [2.05, 4.69) is 13.0 Å². The minimum absolute atomic E-state index is 0.0896. The number of hydrogen-bond acceptors (Lipinski definition) is 7. The van der Waals surface area contributed by atoms with Gasteiger partial charge in [-0.05, 0) is 68.5 Å². The van der Waals surface area contributed by atoms with Gasteiger partial charge in [0.1, 0.15) is 10.9 Å². The number of thiocarbonyl (C=S) groups is 1. The zero-order valence-corrected chi connectivity index (χ0v) is 22.7. The molecular weight excluding hydrogens is 494 g/mol. The number of hydrogen-bond donors (Lipinski definition) is 0. The Labute approximate surface area is 223 Å². The van der Waals surface area contributed by atoms with Crippen LogP contribution in [-0.4, -0.2) is 40.9 Å². The van der Waals surface area contributed by atoms with Crippen molar-refractivity contribution in [3.05, 3.63) is 64.1 Å². The summed E-state index contributed by atoms with van der Waals surface area (Å²) in [6.45, 7) is 7.68. The molecule has 1 aliphatic rings. The second-order valence-electron chi connectivity index (χ2n) is 8.30. The lowest BCUT2D eigenvalue weighted by molar-refractivity contribution is -0.143. The number of carbonyl (C=O) groups excluding carboxylic acids is 2. The molecule has 2 aromatic carbocycles. The monoisotopic (exact) mass is 527 g/mol. The fourth-order valence-electron chi connectivity index (χ4n) is 3.72. The number of esters is 1. The number of carbonyl (C=O) groups is 2. The standard InChI is InChI=1S/C28H33NO5S2/c1-4-32-24-17-21(14-15-23(24)34-19-22-12-9-8-11-20(22)3)18-25-27(31)29(28(35)36-25)16-10-6-7-13-26(30)33-5-2/h8-9,11-12,14-15,17-18H,4-7,10,13,16,19H2,1-3H3/b25-18-. The second-order valence-corrected chi connectivity index (χ2v) is 9.98. The summed E-state index contributed by atoms with van der Waals surface area (Å²) in [5.74, 6) is 1.03. The molecule has 3 rings (SSSR count). The van der Waals surface area contributed by atoms with Crippen molar-refractivity contribution in [2.75, 3.05) is 19.8 Å². The van der Waals surface area contributed by atoms with Crippen molar-refractivity contribution < 1.29 is 23.8 Å². The molecule has 0 saturated carbocycles. The van der Waals surface area contributed by atoms with Crippen molar-refractivity contribution in [3.8, 4) is 11.5 Å². The first-order chi connectivity index (χ1) is 17.4. The predicted molar refractivity (Wildman–Crippen MR) is 148 cm³/mol. The van der Waals surface area contributed by atoms with Gasteiger partial charge in [0.05, 0.1) is 18.1 Å². The van der Waals surface area contributed by atoms with Crippen molar-refractivity contribution in [1.29, 1.82) is 0 Å². The highest BCUT2D eigenvalue weighted by atomic mass is 32.2. The van der Waals surface area contributed by atoms with Crippen LogP contribution in [0.15, 0.2) is 47.4 Å². The van der Waals surface area contributed by atoms with E-state index in [-0.39, 0.29) is 11.9 Å². The van der Waals surface area contributed by atoms with Gasteiger partial charge in [-0.15, -0.1) is 0 Å². The molecule has 0 aromatic heterocycles. The van der Waals surface area contributed by atoms with E-state index >= 15 is 0 Å². The normalized spacial score (nSPS) is 14.4. The molecule has 36 heavy (non-hydrogen) atoms. The highest BCUT2D eigenvalue weighted by molar-refractivity contribution is 8.26. The van der Waals surface area contributed by atoms with Crippen LogP contribution in [0, 0.1) is 6.92 Å². The van der Waals surface area contributed by atoms with Crippen molar-refractivity contribution in [1.82, 2.24) is 4.90 Å². The van der Waals surface area contributed by atoms with Gasteiger partial charge in [0, 0.05) is 13.0 Å². The van der Waals surface area contributed by atoms with Crippen LogP contribution in [0.2, 0.25) is 0 Å². The van der Waals surface area contributed by atoms with Crippen LogP contribution < -0.4 is 9.47 Å². The molecular formula is C28H33NO5S2. The Hall–Kier alpha value is -2.84. The lowest BCUT2D eigenvalue weighted by Gasteiger charge is -2.14. The third kappa shape index (κ3) is 7.83. The topological polar surface area (TPSA) is 65.1 Å². The minimum Gasteiger partial charge on any atom is -0.490 e. The largest absolute Gasteiger partial charge is 0.490 e. The smallest absolute Gasteiger partial charge is 0.305 e. The zero-order chi connectivity index (χ0) is 25.9. The summed E-state index contributed by atoms with van der Waals surface area (Å²) >= 11 is 6.76. The van der Waals surface area contributed by atoms with E-state index in [4.69, 9.17) is 26.4 Å². The van der Waals surface area contributed by atoms with Crippen LogP contribution in [-0.2, 0) is 20.9 Å². The number of amides is 1. The van der Waals surface area contributed by atoms with Gasteiger partial charge in [-0.25, -0.2) is 0 Å². The van der Waals surface area contributed by atoms with E-state index in [1.807, 2.05) is 49.4 Å². The Morgan fingerprint density at radius 3 is 2.58 bits per heavy atom. The molecule has 1 aliphatic heterocycles. The molecule has 0 aliphatic carbocycles. The fraction of sp³-hybridized carbons (Fsp3) is 0.393. The maximum atomic E-state index is 13.0. The summed E-state index contributed by atoms with van der Waals surface area (Å²) in [6.07, 6.45) is 4.59. The third-order valence-electron chi connectivity index (χ3n) is 5.65. The molecule has 6 nitrogen and oxygen atoms in total. The van der Waals surface area contributed by atoms with Crippen LogP contribution in [0.25, 0.3) is 6.08 Å². The van der Waals surface area contributed by atoms with Crippen LogP contribution in [0.5, 0.6) is 11.5 Å². The van der Waals surface area contributed by atoms with E-state index in [1.54, 1.807) is 11.8 Å². The van der Waals surface area contributed by atoms with E-state index < -0.39 is 0 Å². The molecule has 8 heteroatoms. The van der Waals surface area contributed by atoms with E-state index in [0.29, 0.717) is 53.5 Å². The van der Waals surface area contributed by atoms with Gasteiger partial charge in [-0.3, -0.25) is 14.5 Å². The molecule has 0 N–H and O–H groups in total. The summed E-state index contributed by atoms with van der Waals surface area (Å²) < 4.78 is 17.4. The maximum absolute atomic E-state index is 13.0. The lowest BCUT2D eigenvalue weighted by Crippen LogP contribution is -2.29. The molecule has 1 amide bonds. The van der Waals surface area contributed by atoms with E-state index in [9.17, 15) is 9.59 Å². The van der Waals surface area contributed by atoms with Crippen LogP contribution in [0.3, 0.4) is 0 Å². The number of thioether (sulfide) groups is 1. The quantitative estimate of drug-likeness (QED) is 0.131. The fourth-order valence-corrected chi connectivity index (χ4v) is 5.03. The lowest BCUT2D eigenvalue weighted by atomic mass is 10.1. The first-order valence-corrected chi connectivity index (χ1v) is 13.5. The van der Waals surface area contributed by atoms with Gasteiger partial charge in [-0.2, -0.15) is 0 Å². The number of ether oxygens (including phenoxy) is 3. The van der Waals surface area contributed by atoms with Gasteiger partial charge < -0.3 is 14.2 Å². The van der Waals surface area contributed by atoms with Gasteiger partial charge in [-0.1, -0.05) is 60.7 Å². The van der Waals surface area contributed by atoms with Gasteiger partial charge in [0.25, 0.3) is 5.91 Å². The zero-order valence-electron chi connectivity index (χ0n) is 21.1. The molecule has 0 bridgehead atoms. The summed E-state index contributed by atoms with van der Waals surface area (Å²) in [5, 5.41) is 0. The molecule has 1 heterocycles. The van der Waals surface area contributed by atoms with Crippen molar-refractivity contribution in [2.24, 2.45) is 0 Å². The number of aryl methyl sites for hydroxylation is 1. The molecule has 0 spiro atoms. The SMILES string of the molecule is CCOC(=O)CCCCCN1C(=O)/C(=C/c2ccc(OCc3ccccc3C)c(OCC)c2)SC1=S. The molecule has 1 fully saturated rings. The number of unbranched alkanes of at least 4 members (excludes halogenated alkanes) is 2. The Kier molecular flexibility index (Phi) is 10.8. The Balaban J connectivity index is 1.61. The molecule has 0 unspecified atom stereocenters. The van der Waals surface area contributed by atoms with Crippen molar-refractivity contribution >= 4 is 46.3 Å². The molecule has 2 aromatic rings. The first-order valence-electron chi connectivity index (χ1n) is 12.3. The highest BCUT2D eigenvalue weighted by Gasteiger charge is 2.31. The van der Waals surface area contributed by atoms with Crippen molar-refractivity contribution in [3.63, 3.8) is 0 Å². The number of rotatable bonds is 13. The summed E-state index contributed by atoms with van der Waals surface area (Å²) in [6, 6.07) is 13.8. The predicted octanol–water partition coefficient (Wildman–Crippen LogP) is 6.30. The van der Waals surface area contributed by atoms with Crippen LogP contribution in [0.1, 0.15) is 56.2 Å². The Morgan fingerprint density at radius 2 is 1.83 bits per heavy atom. The molecule has 0 radical (unpaired) electrons. The van der Waals surface area contributed by atoms with E-state index in [0.717, 1.165) is 30.4 Å². The number of nitrogens with zero attached hydrogens (tertiary/aromatic N) is 1. The van der Waals surface area contributed by atoms with Gasteiger partial charge in [0.15, 0.2) is 11.5 Å². The summed E-state index contributed by atoms with van der Waals surface area (Å²) in [5.41, 5.74) is 3.14. The molecule has 192 valence electrons. The molecule has 0 atom stereocenters.